The number of aromatic nitrogens is 4. The molecule has 0 aliphatic carbocycles. The van der Waals surface area contributed by atoms with Crippen LogP contribution in [0, 0.1) is 5.41 Å². The van der Waals surface area contributed by atoms with Gasteiger partial charge in [0.1, 0.15) is 13.2 Å². The van der Waals surface area contributed by atoms with E-state index in [0.29, 0.717) is 36.9 Å². The molecule has 0 unspecified atom stereocenters. The second-order valence-corrected chi connectivity index (χ2v) is 8.29. The highest BCUT2D eigenvalue weighted by Gasteiger charge is 2.19. The van der Waals surface area contributed by atoms with Crippen molar-refractivity contribution in [1.29, 1.82) is 5.41 Å². The minimum atomic E-state index is -0.137. The molecule has 1 aromatic carbocycles. The maximum absolute atomic E-state index is 13.1. The van der Waals surface area contributed by atoms with Crippen molar-refractivity contribution in [2.24, 2.45) is 0 Å². The lowest BCUT2D eigenvalue weighted by molar-refractivity contribution is 0.0965. The first-order valence-corrected chi connectivity index (χ1v) is 10.0. The monoisotopic (exact) mass is 427 g/mol. The molecule has 0 saturated carbocycles. The smallest absolute Gasteiger partial charge is 0.242 e. The van der Waals surface area contributed by atoms with E-state index in [-0.39, 0.29) is 23.4 Å². The molecule has 0 aliphatic heterocycles. The van der Waals surface area contributed by atoms with Crippen LogP contribution in [0.4, 0.5) is 0 Å². The third-order valence-electron chi connectivity index (χ3n) is 4.78. The van der Waals surface area contributed by atoms with Gasteiger partial charge in [0.25, 0.3) is 0 Å². The number of carbonyl (C=O) groups is 1. The van der Waals surface area contributed by atoms with Crippen LogP contribution in [-0.2, 0) is 28.0 Å². The Morgan fingerprint density at radius 3 is 2.52 bits per heavy atom. The Morgan fingerprint density at radius 1 is 1.06 bits per heavy atom. The zero-order valence-electron chi connectivity index (χ0n) is 18.6. The number of rotatable bonds is 9. The van der Waals surface area contributed by atoms with Gasteiger partial charge in [-0.2, -0.15) is 4.52 Å². The SMILES string of the molecule is COCCOc1ccc2nn(CC(=O)c3cc(COC)cc(C(C)(C)C)c3)c(=N)n2n1. The molecule has 0 aliphatic rings. The van der Waals surface area contributed by atoms with E-state index in [1.165, 1.54) is 9.20 Å². The highest BCUT2D eigenvalue weighted by Crippen LogP contribution is 2.25. The van der Waals surface area contributed by atoms with Crippen molar-refractivity contribution in [2.75, 3.05) is 27.4 Å². The Labute approximate surface area is 181 Å². The average Bonchev–Trinajstić information content (AvgIpc) is 3.02. The van der Waals surface area contributed by atoms with Crippen molar-refractivity contribution >= 4 is 11.4 Å². The van der Waals surface area contributed by atoms with E-state index in [1.54, 1.807) is 26.4 Å². The van der Waals surface area contributed by atoms with E-state index >= 15 is 0 Å². The van der Waals surface area contributed by atoms with Crippen LogP contribution in [0.25, 0.3) is 5.65 Å². The van der Waals surface area contributed by atoms with Gasteiger partial charge in [0, 0.05) is 25.8 Å². The molecule has 0 fully saturated rings. The number of nitrogens with zero attached hydrogens (tertiary/aromatic N) is 4. The first kappa shape index (κ1) is 22.6. The molecule has 3 aromatic rings. The number of ether oxygens (including phenoxy) is 3. The summed E-state index contributed by atoms with van der Waals surface area (Å²) < 4.78 is 18.4. The van der Waals surface area contributed by atoms with Crippen LogP contribution in [-0.4, -0.2) is 52.6 Å². The van der Waals surface area contributed by atoms with Gasteiger partial charge in [0.05, 0.1) is 13.2 Å². The summed E-state index contributed by atoms with van der Waals surface area (Å²) in [4.78, 5) is 13.1. The summed E-state index contributed by atoms with van der Waals surface area (Å²) >= 11 is 0. The molecule has 9 nitrogen and oxygen atoms in total. The molecule has 1 N–H and O–H groups in total. The molecule has 166 valence electrons. The molecule has 9 heteroatoms. The van der Waals surface area contributed by atoms with Gasteiger partial charge in [-0.25, -0.2) is 4.68 Å². The predicted octanol–water partition coefficient (Wildman–Crippen LogP) is 2.36. The molecule has 0 bridgehead atoms. The molecule has 0 spiro atoms. The van der Waals surface area contributed by atoms with Crippen LogP contribution in [0.5, 0.6) is 5.88 Å². The number of nitrogens with one attached hydrogen (secondary N) is 1. The molecule has 0 radical (unpaired) electrons. The third kappa shape index (κ3) is 5.36. The number of hydrogen-bond donors (Lipinski definition) is 1. The van der Waals surface area contributed by atoms with Gasteiger partial charge in [0.2, 0.25) is 11.5 Å². The number of fused-ring (bicyclic) bond motifs is 1. The second-order valence-electron chi connectivity index (χ2n) is 8.29. The summed E-state index contributed by atoms with van der Waals surface area (Å²) in [5, 5.41) is 17.0. The first-order chi connectivity index (χ1) is 14.7. The minimum Gasteiger partial charge on any atom is -0.474 e. The summed E-state index contributed by atoms with van der Waals surface area (Å²) in [6, 6.07) is 9.17. The Kier molecular flexibility index (Phi) is 6.87. The fourth-order valence-corrected chi connectivity index (χ4v) is 3.09. The predicted molar refractivity (Wildman–Crippen MR) is 114 cm³/mol. The molecule has 0 atom stereocenters. The van der Waals surface area contributed by atoms with E-state index in [1.807, 2.05) is 12.1 Å². The first-order valence-electron chi connectivity index (χ1n) is 10.0. The summed E-state index contributed by atoms with van der Waals surface area (Å²) in [5.74, 6) is 0.220. The van der Waals surface area contributed by atoms with E-state index < -0.39 is 0 Å². The molecule has 2 heterocycles. The van der Waals surface area contributed by atoms with Gasteiger partial charge in [0.15, 0.2) is 11.4 Å². The van der Waals surface area contributed by atoms with Crippen LogP contribution in [0.15, 0.2) is 30.3 Å². The topological polar surface area (TPSA) is 104 Å². The normalized spacial score (nSPS) is 11.8. The quantitative estimate of drug-likeness (QED) is 0.415. The number of methoxy groups -OCH3 is 2. The minimum absolute atomic E-state index is 0.00960. The standard InChI is InChI=1S/C22H29N5O4/c1-22(2,3)17-11-15(14-30-5)10-16(12-17)18(28)13-26-21(23)27-19(24-26)6-7-20(25-27)31-9-8-29-4/h6-7,10-12,23H,8-9,13-14H2,1-5H3. The van der Waals surface area contributed by atoms with Gasteiger partial charge in [-0.3, -0.25) is 10.2 Å². The maximum Gasteiger partial charge on any atom is 0.242 e. The summed E-state index contributed by atoms with van der Waals surface area (Å²) in [7, 11) is 3.22. The molecule has 0 amide bonds. The lowest BCUT2D eigenvalue weighted by Crippen LogP contribution is -2.26. The molecular weight excluding hydrogens is 398 g/mol. The summed E-state index contributed by atoms with van der Waals surface area (Å²) in [6.07, 6.45) is 0. The average molecular weight is 428 g/mol. The molecule has 2 aromatic heterocycles. The fraction of sp³-hybridized carbons (Fsp3) is 0.455. The Hall–Kier alpha value is -3.04. The van der Waals surface area contributed by atoms with Crippen molar-refractivity contribution in [1.82, 2.24) is 19.4 Å². The lowest BCUT2D eigenvalue weighted by atomic mass is 9.84. The van der Waals surface area contributed by atoms with Crippen LogP contribution in [0.1, 0.15) is 42.3 Å². The summed E-state index contributed by atoms with van der Waals surface area (Å²) in [5.41, 5.74) is 2.89. The van der Waals surface area contributed by atoms with E-state index in [0.717, 1.165) is 11.1 Å². The summed E-state index contributed by atoms with van der Waals surface area (Å²) in [6.45, 7) is 7.44. The van der Waals surface area contributed by atoms with Crippen molar-refractivity contribution in [3.8, 4) is 5.88 Å². The van der Waals surface area contributed by atoms with Crippen LogP contribution in [0.2, 0.25) is 0 Å². The van der Waals surface area contributed by atoms with Crippen molar-refractivity contribution < 1.29 is 19.0 Å². The van der Waals surface area contributed by atoms with Gasteiger partial charge in [-0.05, 0) is 34.7 Å². The van der Waals surface area contributed by atoms with Crippen LogP contribution < -0.4 is 10.4 Å². The number of carbonyl (C=O) groups excluding carboxylic acids is 1. The lowest BCUT2D eigenvalue weighted by Gasteiger charge is -2.21. The van der Waals surface area contributed by atoms with E-state index in [2.05, 4.69) is 37.0 Å². The van der Waals surface area contributed by atoms with Crippen LogP contribution >= 0.6 is 0 Å². The Morgan fingerprint density at radius 2 is 1.84 bits per heavy atom. The molecule has 3 rings (SSSR count). The Bertz CT molecular complexity index is 1130. The third-order valence-corrected chi connectivity index (χ3v) is 4.78. The number of benzene rings is 1. The number of hydrogen-bond acceptors (Lipinski definition) is 7. The fourth-order valence-electron chi connectivity index (χ4n) is 3.09. The van der Waals surface area contributed by atoms with Crippen molar-refractivity contribution in [3.05, 3.63) is 52.6 Å². The Balaban J connectivity index is 1.88. The highest BCUT2D eigenvalue weighted by molar-refractivity contribution is 5.96. The van der Waals surface area contributed by atoms with E-state index in [9.17, 15) is 4.79 Å². The van der Waals surface area contributed by atoms with Crippen molar-refractivity contribution in [2.45, 2.75) is 39.3 Å². The van der Waals surface area contributed by atoms with Crippen LogP contribution in [0.3, 0.4) is 0 Å². The van der Waals surface area contributed by atoms with Crippen molar-refractivity contribution in [3.63, 3.8) is 0 Å². The van der Waals surface area contributed by atoms with Gasteiger partial charge in [-0.15, -0.1) is 10.2 Å². The number of ketones is 1. The number of Topliss-reactive ketones (excluding diaryl/α,β-unsaturated/α-hetero) is 1. The zero-order valence-corrected chi connectivity index (χ0v) is 18.6. The zero-order chi connectivity index (χ0) is 22.6. The second kappa shape index (κ2) is 9.40. The highest BCUT2D eigenvalue weighted by atomic mass is 16.5. The maximum atomic E-state index is 13.1. The van der Waals surface area contributed by atoms with Gasteiger partial charge >= 0.3 is 0 Å². The molecular formula is C22H29N5O4. The largest absolute Gasteiger partial charge is 0.474 e. The van der Waals surface area contributed by atoms with E-state index in [4.69, 9.17) is 19.6 Å². The molecule has 31 heavy (non-hydrogen) atoms. The van der Waals surface area contributed by atoms with Gasteiger partial charge in [-0.1, -0.05) is 26.8 Å². The molecule has 0 saturated heterocycles. The van der Waals surface area contributed by atoms with Gasteiger partial charge < -0.3 is 14.2 Å².